The first-order valence-electron chi connectivity index (χ1n) is 15.2. The number of fused-ring (bicyclic) bond motifs is 3. The van der Waals surface area contributed by atoms with Gasteiger partial charge in [0, 0.05) is 0 Å². The van der Waals surface area contributed by atoms with E-state index in [2.05, 4.69) is 13.5 Å². The summed E-state index contributed by atoms with van der Waals surface area (Å²) in [4.78, 5) is 40.3. The van der Waals surface area contributed by atoms with Gasteiger partial charge in [0.05, 0.1) is 5.41 Å². The smallest absolute Gasteiger partial charge is 0.318 e. The van der Waals surface area contributed by atoms with Crippen molar-refractivity contribution < 1.29 is 46.3 Å². The number of hydrogen-bond acceptors (Lipinski definition) is 9. The zero-order valence-electron chi connectivity index (χ0n) is 25.2. The monoisotopic (exact) mass is 616 g/mol. The zero-order valence-corrected chi connectivity index (χ0v) is 26.0. The van der Waals surface area contributed by atoms with Gasteiger partial charge in [-0.2, -0.15) is 8.42 Å². The summed E-state index contributed by atoms with van der Waals surface area (Å²) in [6, 6.07) is 2.85. The van der Waals surface area contributed by atoms with E-state index in [1.807, 2.05) is 0 Å². The highest BCUT2D eigenvalue weighted by Crippen LogP contribution is 2.55. The Morgan fingerprint density at radius 2 is 1.72 bits per heavy atom. The van der Waals surface area contributed by atoms with Gasteiger partial charge in [-0.25, -0.2) is 0 Å². The molecule has 3 aliphatic heterocycles. The maximum absolute atomic E-state index is 13.8. The van der Waals surface area contributed by atoms with Crippen LogP contribution in [0.4, 0.5) is 0 Å². The number of ether oxygens (including phenoxy) is 4. The maximum Gasteiger partial charge on any atom is 0.318 e. The lowest BCUT2D eigenvalue weighted by Crippen LogP contribution is -2.51. The van der Waals surface area contributed by atoms with Crippen LogP contribution in [0.2, 0.25) is 0 Å². The largest absolute Gasteiger partial charge is 0.455 e. The van der Waals surface area contributed by atoms with E-state index in [0.29, 0.717) is 35.8 Å². The fraction of sp³-hybridized carbons (Fsp3) is 0.656. The van der Waals surface area contributed by atoms with Gasteiger partial charge in [0.15, 0.2) is 12.2 Å². The molecule has 4 bridgehead atoms. The van der Waals surface area contributed by atoms with E-state index in [4.69, 9.17) is 18.9 Å². The van der Waals surface area contributed by atoms with Crippen molar-refractivity contribution in [3.05, 3.63) is 35.4 Å². The maximum atomic E-state index is 13.8. The lowest BCUT2D eigenvalue weighted by molar-refractivity contribution is -0.177. The summed E-state index contributed by atoms with van der Waals surface area (Å²) in [5.41, 5.74) is 0.967. The Balaban J connectivity index is 1.28. The van der Waals surface area contributed by atoms with Gasteiger partial charge >= 0.3 is 17.9 Å². The second kappa shape index (κ2) is 10.4. The molecular formula is C32H40O10S. The Morgan fingerprint density at radius 3 is 2.33 bits per heavy atom. The lowest BCUT2D eigenvalue weighted by atomic mass is 9.58. The molecule has 3 saturated heterocycles. The van der Waals surface area contributed by atoms with E-state index in [-0.39, 0.29) is 28.5 Å². The molecule has 5 fully saturated rings. The minimum absolute atomic E-state index is 0.0888. The van der Waals surface area contributed by atoms with Crippen LogP contribution in [0, 0.1) is 29.1 Å². The molecule has 0 radical (unpaired) electrons. The van der Waals surface area contributed by atoms with Crippen LogP contribution in [0.25, 0.3) is 0 Å². The first kappa shape index (κ1) is 30.3. The number of rotatable bonds is 7. The van der Waals surface area contributed by atoms with E-state index in [1.54, 1.807) is 27.7 Å². The van der Waals surface area contributed by atoms with Crippen LogP contribution in [-0.2, 0) is 38.7 Å². The highest BCUT2D eigenvalue weighted by atomic mass is 32.2. The molecule has 1 N–H and O–H groups in total. The van der Waals surface area contributed by atoms with Crippen LogP contribution in [0.1, 0.15) is 89.7 Å². The Bertz CT molecular complexity index is 1460. The fourth-order valence-electron chi connectivity index (χ4n) is 8.57. The number of carbonyl (C=O) groups excluding carboxylic acids is 3. The van der Waals surface area contributed by atoms with Gasteiger partial charge in [0.25, 0.3) is 10.1 Å². The van der Waals surface area contributed by atoms with Gasteiger partial charge in [-0.15, -0.1) is 0 Å². The predicted molar refractivity (Wildman–Crippen MR) is 153 cm³/mol. The lowest BCUT2D eigenvalue weighted by Gasteiger charge is -2.47. The SMILES string of the molecule is C=C1CC2CC(C)CC(C(=O)OC3C4OC(=O)C5C4OC3C5C(=O)Oc3cc(C(C)C)c(S(=O)(=O)O)c(C(C)C)c3)(C1)C2. The van der Waals surface area contributed by atoms with Crippen LogP contribution in [0.15, 0.2) is 29.2 Å². The number of allylic oxidation sites excluding steroid dienone is 1. The number of hydrogen-bond donors (Lipinski definition) is 1. The minimum atomic E-state index is -4.55. The van der Waals surface area contributed by atoms with Crippen molar-refractivity contribution in [1.29, 1.82) is 0 Å². The summed E-state index contributed by atoms with van der Waals surface area (Å²) in [7, 11) is -4.55. The molecule has 1 aromatic carbocycles. The second-order valence-electron chi connectivity index (χ2n) is 14.1. The molecule has 11 heteroatoms. The van der Waals surface area contributed by atoms with E-state index in [9.17, 15) is 27.4 Å². The molecule has 10 nitrogen and oxygen atoms in total. The zero-order chi connectivity index (χ0) is 31.2. The molecule has 43 heavy (non-hydrogen) atoms. The third-order valence-electron chi connectivity index (χ3n) is 10.0. The summed E-state index contributed by atoms with van der Waals surface area (Å²) < 4.78 is 58.2. The van der Waals surface area contributed by atoms with Crippen molar-refractivity contribution in [2.24, 2.45) is 29.1 Å². The van der Waals surface area contributed by atoms with Crippen molar-refractivity contribution in [3.63, 3.8) is 0 Å². The minimum Gasteiger partial charge on any atom is -0.455 e. The normalized spacial score (nSPS) is 36.3. The van der Waals surface area contributed by atoms with Gasteiger partial charge in [0.1, 0.15) is 34.7 Å². The Morgan fingerprint density at radius 1 is 1.07 bits per heavy atom. The van der Waals surface area contributed by atoms with Gasteiger partial charge < -0.3 is 18.9 Å². The van der Waals surface area contributed by atoms with Crippen molar-refractivity contribution in [2.75, 3.05) is 0 Å². The quantitative estimate of drug-likeness (QED) is 0.198. The Hall–Kier alpha value is -2.76. The summed E-state index contributed by atoms with van der Waals surface area (Å²) in [5, 5.41) is 0. The Kier molecular flexibility index (Phi) is 7.33. The topological polar surface area (TPSA) is 142 Å². The van der Waals surface area contributed by atoms with Gasteiger partial charge in [-0.1, -0.05) is 46.8 Å². The van der Waals surface area contributed by atoms with E-state index in [1.165, 1.54) is 12.1 Å². The molecule has 6 rings (SSSR count). The number of benzene rings is 1. The van der Waals surface area contributed by atoms with Crippen molar-refractivity contribution in [1.82, 2.24) is 0 Å². The first-order valence-corrected chi connectivity index (χ1v) is 16.6. The van der Waals surface area contributed by atoms with Gasteiger partial charge in [-0.3, -0.25) is 18.9 Å². The molecule has 9 unspecified atom stereocenters. The van der Waals surface area contributed by atoms with Gasteiger partial charge in [0.2, 0.25) is 0 Å². The molecule has 2 aliphatic carbocycles. The van der Waals surface area contributed by atoms with Crippen LogP contribution < -0.4 is 4.74 Å². The molecule has 0 amide bonds. The molecule has 2 saturated carbocycles. The summed E-state index contributed by atoms with van der Waals surface area (Å²) >= 11 is 0. The Labute approximate surface area is 252 Å². The molecule has 5 aliphatic rings. The van der Waals surface area contributed by atoms with Crippen molar-refractivity contribution in [3.8, 4) is 5.75 Å². The average molecular weight is 617 g/mol. The highest BCUT2D eigenvalue weighted by Gasteiger charge is 2.72. The van der Waals surface area contributed by atoms with Gasteiger partial charge in [-0.05, 0) is 79.0 Å². The summed E-state index contributed by atoms with van der Waals surface area (Å²) in [6.07, 6.45) is 0.546. The summed E-state index contributed by atoms with van der Waals surface area (Å²) in [6.45, 7) is 13.4. The second-order valence-corrected chi connectivity index (χ2v) is 15.4. The third kappa shape index (κ3) is 5.01. The molecular weight excluding hydrogens is 576 g/mol. The predicted octanol–water partition coefficient (Wildman–Crippen LogP) is 4.71. The number of carbonyl (C=O) groups is 3. The standard InChI is InChI=1S/C32H40O10S/c1-14(2)20-9-19(10-21(15(3)4)28(20)43(36,37)38)39-29(33)22-23-24-26(41-30(23)34)27(25(22)40-24)42-31(35)32-11-16(5)7-18(13-32)8-17(6)12-32/h9-10,14-15,17-18,22-27H,5,7-8,11-13H2,1-4,6H3,(H,36,37,38). The molecule has 3 heterocycles. The molecule has 0 spiro atoms. The van der Waals surface area contributed by atoms with Crippen molar-refractivity contribution >= 4 is 28.0 Å². The molecule has 234 valence electrons. The number of esters is 3. The van der Waals surface area contributed by atoms with E-state index < -0.39 is 63.7 Å². The van der Waals surface area contributed by atoms with Crippen LogP contribution >= 0.6 is 0 Å². The average Bonchev–Trinajstić information content (AvgIpc) is 3.50. The van der Waals surface area contributed by atoms with E-state index in [0.717, 1.165) is 24.8 Å². The molecule has 1 aromatic rings. The third-order valence-corrected chi connectivity index (χ3v) is 11.0. The first-order chi connectivity index (χ1) is 20.1. The van der Waals surface area contributed by atoms with E-state index >= 15 is 0 Å². The fourth-order valence-corrected chi connectivity index (χ4v) is 9.75. The van der Waals surface area contributed by atoms with Crippen LogP contribution in [0.5, 0.6) is 5.75 Å². The highest BCUT2D eigenvalue weighted by molar-refractivity contribution is 7.86. The molecule has 9 atom stereocenters. The van der Waals surface area contributed by atoms with Crippen LogP contribution in [-0.4, -0.2) is 55.3 Å². The van der Waals surface area contributed by atoms with Crippen LogP contribution in [0.3, 0.4) is 0 Å². The summed E-state index contributed by atoms with van der Waals surface area (Å²) in [5.74, 6) is -3.47. The molecule has 0 aromatic heterocycles. The van der Waals surface area contributed by atoms with Crippen molar-refractivity contribution in [2.45, 2.75) is 108 Å².